The van der Waals surface area contributed by atoms with Crippen LogP contribution in [0.5, 0.6) is 0 Å². The molecule has 0 fully saturated rings. The summed E-state index contributed by atoms with van der Waals surface area (Å²) in [5, 5.41) is 9.09. The van der Waals surface area contributed by atoms with Gasteiger partial charge in [-0.3, -0.25) is 0 Å². The number of unbranched alkanes of at least 4 members (excludes halogenated alkanes) is 3. The van der Waals surface area contributed by atoms with Gasteiger partial charge in [0.1, 0.15) is 0 Å². The third kappa shape index (κ3) is 5.78. The van der Waals surface area contributed by atoms with E-state index in [2.05, 4.69) is 13.8 Å². The Hall–Kier alpha value is -0.570. The first-order chi connectivity index (χ1) is 7.06. The molecule has 0 aromatic heterocycles. The molecule has 0 rings (SSSR count). The molecule has 1 atom stereocenters. The molecule has 3 heteroatoms. The summed E-state index contributed by atoms with van der Waals surface area (Å²) in [6, 6.07) is 0. The predicted octanol–water partition coefficient (Wildman–Crippen LogP) is 3.23. The van der Waals surface area contributed by atoms with Crippen LogP contribution in [0.4, 0.5) is 0 Å². The molecule has 1 N–H and O–H groups in total. The first-order valence-corrected chi connectivity index (χ1v) is 5.94. The molecular formula is C12H24O3. The zero-order valence-corrected chi connectivity index (χ0v) is 10.2. The van der Waals surface area contributed by atoms with Gasteiger partial charge in [0.2, 0.25) is 0 Å². The molecule has 0 aliphatic heterocycles. The molecule has 1 unspecified atom stereocenters. The van der Waals surface area contributed by atoms with Crippen LogP contribution in [0.3, 0.4) is 0 Å². The number of hydrogen-bond acceptors (Lipinski definition) is 2. The smallest absolute Gasteiger partial charge is 0.335 e. The number of carboxylic acids is 1. The van der Waals surface area contributed by atoms with Crippen LogP contribution >= 0.6 is 0 Å². The van der Waals surface area contributed by atoms with Gasteiger partial charge in [0, 0.05) is 6.61 Å². The van der Waals surface area contributed by atoms with Crippen LogP contribution in [-0.2, 0) is 9.53 Å². The van der Waals surface area contributed by atoms with E-state index >= 15 is 0 Å². The summed E-state index contributed by atoms with van der Waals surface area (Å²) in [5.41, 5.74) is -0.982. The zero-order valence-electron chi connectivity index (χ0n) is 10.2. The molecular weight excluding hydrogens is 192 g/mol. The molecule has 0 heterocycles. The lowest BCUT2D eigenvalue weighted by atomic mass is 9.99. The van der Waals surface area contributed by atoms with Crippen LogP contribution in [0.15, 0.2) is 0 Å². The van der Waals surface area contributed by atoms with Gasteiger partial charge in [0.05, 0.1) is 0 Å². The molecule has 0 aromatic carbocycles. The van der Waals surface area contributed by atoms with Crippen molar-refractivity contribution < 1.29 is 14.6 Å². The monoisotopic (exact) mass is 216 g/mol. The number of ether oxygens (including phenoxy) is 1. The van der Waals surface area contributed by atoms with Crippen molar-refractivity contribution in [3.63, 3.8) is 0 Å². The number of hydrogen-bond donors (Lipinski definition) is 1. The highest BCUT2D eigenvalue weighted by atomic mass is 16.5. The minimum Gasteiger partial charge on any atom is -0.479 e. The maximum atomic E-state index is 11.1. The third-order valence-corrected chi connectivity index (χ3v) is 2.63. The maximum Gasteiger partial charge on any atom is 0.335 e. The van der Waals surface area contributed by atoms with E-state index in [1.807, 2.05) is 0 Å². The molecule has 0 amide bonds. The van der Waals surface area contributed by atoms with Crippen molar-refractivity contribution in [3.8, 4) is 0 Å². The topological polar surface area (TPSA) is 46.5 Å². The standard InChI is InChI=1S/C12H24O3/c1-4-6-8-10-15-12(3,11(13)14)9-7-5-2/h4-10H2,1-3H3,(H,13,14). The molecule has 3 nitrogen and oxygen atoms in total. The van der Waals surface area contributed by atoms with Crippen LogP contribution in [0.1, 0.15) is 59.3 Å². The van der Waals surface area contributed by atoms with Gasteiger partial charge in [-0.05, 0) is 19.8 Å². The fourth-order valence-electron chi connectivity index (χ4n) is 1.40. The summed E-state index contributed by atoms with van der Waals surface area (Å²) < 4.78 is 5.50. The summed E-state index contributed by atoms with van der Waals surface area (Å²) in [5.74, 6) is -0.840. The quantitative estimate of drug-likeness (QED) is 0.602. The average molecular weight is 216 g/mol. The van der Waals surface area contributed by atoms with Crippen LogP contribution < -0.4 is 0 Å². The molecule has 0 spiro atoms. The van der Waals surface area contributed by atoms with Crippen molar-refractivity contribution in [2.45, 2.75) is 64.9 Å². The van der Waals surface area contributed by atoms with Crippen molar-refractivity contribution in [3.05, 3.63) is 0 Å². The van der Waals surface area contributed by atoms with E-state index in [4.69, 9.17) is 9.84 Å². The maximum absolute atomic E-state index is 11.1. The number of carboxylic acid groups (broad SMARTS) is 1. The Kier molecular flexibility index (Phi) is 7.39. The first kappa shape index (κ1) is 14.4. The van der Waals surface area contributed by atoms with Gasteiger partial charge in [-0.15, -0.1) is 0 Å². The summed E-state index contributed by atoms with van der Waals surface area (Å²) in [4.78, 5) is 11.1. The summed E-state index contributed by atoms with van der Waals surface area (Å²) in [7, 11) is 0. The van der Waals surface area contributed by atoms with Gasteiger partial charge in [-0.1, -0.05) is 39.5 Å². The number of aliphatic carboxylic acids is 1. The van der Waals surface area contributed by atoms with Gasteiger partial charge in [-0.2, -0.15) is 0 Å². The normalized spacial score (nSPS) is 14.9. The second-order valence-electron chi connectivity index (χ2n) is 4.20. The van der Waals surface area contributed by atoms with E-state index in [0.29, 0.717) is 13.0 Å². The molecule has 0 aliphatic carbocycles. The molecule has 0 saturated carbocycles. The SMILES string of the molecule is CCCCCOC(C)(CCCC)C(=O)O. The van der Waals surface area contributed by atoms with Crippen LogP contribution in [0.25, 0.3) is 0 Å². The molecule has 0 bridgehead atoms. The van der Waals surface area contributed by atoms with E-state index in [-0.39, 0.29) is 0 Å². The second kappa shape index (κ2) is 7.69. The van der Waals surface area contributed by atoms with E-state index in [0.717, 1.165) is 32.1 Å². The molecule has 0 saturated heterocycles. The lowest BCUT2D eigenvalue weighted by molar-refractivity contribution is -0.164. The Bertz CT molecular complexity index is 180. The summed E-state index contributed by atoms with van der Waals surface area (Å²) >= 11 is 0. The fourth-order valence-corrected chi connectivity index (χ4v) is 1.40. The van der Waals surface area contributed by atoms with Crippen molar-refractivity contribution in [2.75, 3.05) is 6.61 Å². The molecule has 15 heavy (non-hydrogen) atoms. The lowest BCUT2D eigenvalue weighted by Gasteiger charge is -2.25. The second-order valence-corrected chi connectivity index (χ2v) is 4.20. The third-order valence-electron chi connectivity index (χ3n) is 2.63. The Labute approximate surface area is 92.8 Å². The minimum absolute atomic E-state index is 0.556. The summed E-state index contributed by atoms with van der Waals surface area (Å²) in [6.07, 6.45) is 5.68. The van der Waals surface area contributed by atoms with Crippen molar-refractivity contribution >= 4 is 5.97 Å². The Morgan fingerprint density at radius 1 is 1.20 bits per heavy atom. The average Bonchev–Trinajstić information content (AvgIpc) is 2.21. The van der Waals surface area contributed by atoms with Crippen LogP contribution in [-0.4, -0.2) is 23.3 Å². The predicted molar refractivity (Wildman–Crippen MR) is 61.0 cm³/mol. The lowest BCUT2D eigenvalue weighted by Crippen LogP contribution is -2.38. The zero-order chi connectivity index (χ0) is 11.7. The Balaban J connectivity index is 3.96. The van der Waals surface area contributed by atoms with Gasteiger partial charge >= 0.3 is 5.97 Å². The number of carbonyl (C=O) groups is 1. The van der Waals surface area contributed by atoms with E-state index < -0.39 is 11.6 Å². The Morgan fingerprint density at radius 2 is 1.80 bits per heavy atom. The van der Waals surface area contributed by atoms with Gasteiger partial charge in [0.25, 0.3) is 0 Å². The van der Waals surface area contributed by atoms with Crippen LogP contribution in [0.2, 0.25) is 0 Å². The van der Waals surface area contributed by atoms with E-state index in [1.54, 1.807) is 6.92 Å². The summed E-state index contributed by atoms with van der Waals surface area (Å²) in [6.45, 7) is 6.41. The van der Waals surface area contributed by atoms with Gasteiger partial charge < -0.3 is 9.84 Å². The van der Waals surface area contributed by atoms with Gasteiger partial charge in [0.15, 0.2) is 5.60 Å². The highest BCUT2D eigenvalue weighted by Gasteiger charge is 2.33. The largest absolute Gasteiger partial charge is 0.479 e. The molecule has 0 aromatic rings. The van der Waals surface area contributed by atoms with E-state index in [9.17, 15) is 4.79 Å². The minimum atomic E-state index is -0.982. The van der Waals surface area contributed by atoms with E-state index in [1.165, 1.54) is 0 Å². The first-order valence-electron chi connectivity index (χ1n) is 5.94. The molecule has 90 valence electrons. The highest BCUT2D eigenvalue weighted by molar-refractivity contribution is 5.76. The van der Waals surface area contributed by atoms with Crippen molar-refractivity contribution in [2.24, 2.45) is 0 Å². The highest BCUT2D eigenvalue weighted by Crippen LogP contribution is 2.19. The molecule has 0 aliphatic rings. The van der Waals surface area contributed by atoms with Crippen molar-refractivity contribution in [1.82, 2.24) is 0 Å². The Morgan fingerprint density at radius 3 is 2.27 bits per heavy atom. The fraction of sp³-hybridized carbons (Fsp3) is 0.917. The van der Waals surface area contributed by atoms with Crippen LogP contribution in [0, 0.1) is 0 Å². The van der Waals surface area contributed by atoms with Gasteiger partial charge in [-0.25, -0.2) is 4.79 Å². The van der Waals surface area contributed by atoms with Crippen molar-refractivity contribution in [1.29, 1.82) is 0 Å². The molecule has 0 radical (unpaired) electrons. The number of rotatable bonds is 9.